The molecule has 0 bridgehead atoms. The second-order valence-electron chi connectivity index (χ2n) is 8.48. The smallest absolute Gasteiger partial charge is 0.384 e. The van der Waals surface area contributed by atoms with E-state index in [0.29, 0.717) is 48.0 Å². The molecule has 10 nitrogen and oxygen atoms in total. The first-order chi connectivity index (χ1) is 16.6. The molecule has 0 radical (unpaired) electrons. The van der Waals surface area contributed by atoms with Crippen molar-refractivity contribution in [1.29, 1.82) is 0 Å². The number of carbonyl (C=O) groups excluding carboxylic acids is 1. The number of likely N-dealkylation sites (tertiary alicyclic amines) is 1. The number of fused-ring (bicyclic) bond motifs is 3. The third-order valence-electron chi connectivity index (χ3n) is 6.14. The summed E-state index contributed by atoms with van der Waals surface area (Å²) in [5.74, 6) is -0.919. The first kappa shape index (κ1) is 22.9. The first-order valence-electron chi connectivity index (χ1n) is 10.9. The Morgan fingerprint density at radius 3 is 2.60 bits per heavy atom. The molecule has 5 heterocycles. The molecule has 13 heteroatoms. The zero-order valence-corrected chi connectivity index (χ0v) is 18.6. The number of aliphatic hydroxyl groups is 1. The molecular formula is C22H21F3N8O2. The van der Waals surface area contributed by atoms with Crippen molar-refractivity contribution in [2.24, 2.45) is 0 Å². The highest BCUT2D eigenvalue weighted by Gasteiger charge is 2.34. The topological polar surface area (TPSA) is 136 Å². The third-order valence-corrected chi connectivity index (χ3v) is 6.14. The fourth-order valence-corrected chi connectivity index (χ4v) is 4.34. The van der Waals surface area contributed by atoms with Crippen molar-refractivity contribution >= 4 is 33.8 Å². The molecule has 0 aromatic carbocycles. The number of aromatic nitrogens is 6. The molecule has 4 aromatic heterocycles. The number of pyridine rings is 3. The van der Waals surface area contributed by atoms with Crippen LogP contribution in [0.3, 0.4) is 0 Å². The van der Waals surface area contributed by atoms with Crippen LogP contribution in [0.15, 0.2) is 30.6 Å². The van der Waals surface area contributed by atoms with Crippen LogP contribution < -0.4 is 5.73 Å². The van der Waals surface area contributed by atoms with Crippen LogP contribution in [0.5, 0.6) is 0 Å². The number of piperidine rings is 1. The van der Waals surface area contributed by atoms with Gasteiger partial charge in [-0.2, -0.15) is 13.2 Å². The molecule has 1 fully saturated rings. The summed E-state index contributed by atoms with van der Waals surface area (Å²) in [5.41, 5.74) is 6.92. The predicted octanol–water partition coefficient (Wildman–Crippen LogP) is 2.58. The second-order valence-corrected chi connectivity index (χ2v) is 8.48. The number of amides is 1. The van der Waals surface area contributed by atoms with E-state index in [0.717, 1.165) is 6.07 Å². The standard InChI is InChI=1S/C22H21F3N8O2/c1-11(34)21(35)32-6-4-13(5-7-32)33-19-17(30-31-33)10-27-16-3-2-15(29-18(16)19)12-8-14(22(23,24)25)20(26)28-9-12/h2-3,8-11,13,34H,4-7H2,1H3,(H2,26,28). The Balaban J connectivity index is 1.55. The number of hydrogen-bond acceptors (Lipinski definition) is 8. The van der Waals surface area contributed by atoms with Crippen molar-refractivity contribution in [3.63, 3.8) is 0 Å². The number of aliphatic hydroxyl groups excluding tert-OH is 1. The summed E-state index contributed by atoms with van der Waals surface area (Å²) in [5, 5.41) is 18.1. The summed E-state index contributed by atoms with van der Waals surface area (Å²) < 4.78 is 41.7. The lowest BCUT2D eigenvalue weighted by molar-refractivity contribution is -0.140. The van der Waals surface area contributed by atoms with Gasteiger partial charge in [-0.3, -0.25) is 9.78 Å². The summed E-state index contributed by atoms with van der Waals surface area (Å²) in [6, 6.07) is 4.09. The minimum atomic E-state index is -4.65. The van der Waals surface area contributed by atoms with Crippen LogP contribution in [-0.2, 0) is 11.0 Å². The number of carbonyl (C=O) groups is 1. The Kier molecular flexibility index (Phi) is 5.50. The lowest BCUT2D eigenvalue weighted by atomic mass is 10.0. The van der Waals surface area contributed by atoms with Gasteiger partial charge in [0.15, 0.2) is 0 Å². The molecule has 1 saturated heterocycles. The largest absolute Gasteiger partial charge is 0.419 e. The fourth-order valence-electron chi connectivity index (χ4n) is 4.34. The Labute approximate surface area is 196 Å². The third kappa shape index (κ3) is 4.11. The van der Waals surface area contributed by atoms with E-state index in [1.807, 2.05) is 0 Å². The number of halogens is 3. The van der Waals surface area contributed by atoms with Crippen molar-refractivity contribution in [3.8, 4) is 11.3 Å². The van der Waals surface area contributed by atoms with Gasteiger partial charge in [0.25, 0.3) is 5.91 Å². The van der Waals surface area contributed by atoms with Gasteiger partial charge in [0.1, 0.15) is 28.5 Å². The molecule has 1 aliphatic rings. The monoisotopic (exact) mass is 486 g/mol. The lowest BCUT2D eigenvalue weighted by Crippen LogP contribution is -2.43. The molecule has 5 rings (SSSR count). The van der Waals surface area contributed by atoms with Gasteiger partial charge in [-0.15, -0.1) is 5.10 Å². The normalized spacial score (nSPS) is 16.2. The van der Waals surface area contributed by atoms with E-state index in [4.69, 9.17) is 5.73 Å². The number of nitrogen functional groups attached to an aromatic ring is 1. The number of alkyl halides is 3. The lowest BCUT2D eigenvalue weighted by Gasteiger charge is -2.32. The number of hydrogen-bond donors (Lipinski definition) is 2. The van der Waals surface area contributed by atoms with Gasteiger partial charge in [0.05, 0.1) is 29.0 Å². The maximum atomic E-state index is 13.3. The number of rotatable bonds is 3. The Hall–Kier alpha value is -3.87. The van der Waals surface area contributed by atoms with E-state index in [1.54, 1.807) is 27.9 Å². The van der Waals surface area contributed by atoms with Crippen LogP contribution in [0.25, 0.3) is 33.3 Å². The van der Waals surface area contributed by atoms with Gasteiger partial charge in [0, 0.05) is 24.8 Å². The Morgan fingerprint density at radius 1 is 1.17 bits per heavy atom. The summed E-state index contributed by atoms with van der Waals surface area (Å²) in [7, 11) is 0. The zero-order valence-electron chi connectivity index (χ0n) is 18.6. The van der Waals surface area contributed by atoms with Gasteiger partial charge in [0.2, 0.25) is 0 Å². The van der Waals surface area contributed by atoms with Gasteiger partial charge < -0.3 is 15.7 Å². The fraction of sp³-hybridized carbons (Fsp3) is 0.364. The summed E-state index contributed by atoms with van der Waals surface area (Å²) in [6.07, 6.45) is -1.70. The van der Waals surface area contributed by atoms with E-state index in [2.05, 4.69) is 25.3 Å². The molecule has 3 N–H and O–H groups in total. The zero-order chi connectivity index (χ0) is 24.9. The van der Waals surface area contributed by atoms with Crippen LogP contribution >= 0.6 is 0 Å². The second kappa shape index (κ2) is 8.41. The minimum Gasteiger partial charge on any atom is -0.384 e. The average molecular weight is 486 g/mol. The molecule has 1 amide bonds. The Bertz CT molecular complexity index is 1430. The molecule has 1 atom stereocenters. The summed E-state index contributed by atoms with van der Waals surface area (Å²) >= 11 is 0. The van der Waals surface area contributed by atoms with Gasteiger partial charge in [-0.25, -0.2) is 14.6 Å². The molecule has 0 spiro atoms. The van der Waals surface area contributed by atoms with E-state index in [9.17, 15) is 23.1 Å². The summed E-state index contributed by atoms with van der Waals surface area (Å²) in [6.45, 7) is 2.35. The maximum absolute atomic E-state index is 13.3. The van der Waals surface area contributed by atoms with Crippen molar-refractivity contribution in [2.75, 3.05) is 18.8 Å². The average Bonchev–Trinajstić information content (AvgIpc) is 3.27. The first-order valence-corrected chi connectivity index (χ1v) is 10.9. The minimum absolute atomic E-state index is 0.0795. The van der Waals surface area contributed by atoms with Crippen molar-refractivity contribution in [1.82, 2.24) is 34.8 Å². The SMILES string of the molecule is CC(O)C(=O)N1CCC(n2nnc3cnc4ccc(-c5cnc(N)c(C(F)(F)F)c5)nc4c32)CC1. The molecule has 0 saturated carbocycles. The number of nitrogens with two attached hydrogens (primary N) is 1. The van der Waals surface area contributed by atoms with Crippen LogP contribution in [0, 0.1) is 0 Å². The van der Waals surface area contributed by atoms with Crippen molar-refractivity contribution in [2.45, 2.75) is 38.1 Å². The Morgan fingerprint density at radius 2 is 1.91 bits per heavy atom. The molecule has 4 aromatic rings. The predicted molar refractivity (Wildman–Crippen MR) is 120 cm³/mol. The molecule has 1 unspecified atom stereocenters. The number of nitrogens with zero attached hydrogens (tertiary/aromatic N) is 7. The highest BCUT2D eigenvalue weighted by Crippen LogP contribution is 2.35. The van der Waals surface area contributed by atoms with E-state index >= 15 is 0 Å². The maximum Gasteiger partial charge on any atom is 0.419 e. The molecule has 1 aliphatic heterocycles. The quantitative estimate of drug-likeness (QED) is 0.451. The van der Waals surface area contributed by atoms with Crippen LogP contribution in [0.2, 0.25) is 0 Å². The van der Waals surface area contributed by atoms with Crippen molar-refractivity contribution in [3.05, 3.63) is 36.2 Å². The number of anilines is 1. The van der Waals surface area contributed by atoms with Crippen LogP contribution in [0.4, 0.5) is 19.0 Å². The van der Waals surface area contributed by atoms with E-state index in [-0.39, 0.29) is 23.2 Å². The van der Waals surface area contributed by atoms with Gasteiger partial charge >= 0.3 is 6.18 Å². The van der Waals surface area contributed by atoms with E-state index in [1.165, 1.54) is 13.1 Å². The molecular weight excluding hydrogens is 465 g/mol. The van der Waals surface area contributed by atoms with Crippen molar-refractivity contribution < 1.29 is 23.1 Å². The van der Waals surface area contributed by atoms with Gasteiger partial charge in [-0.1, -0.05) is 5.21 Å². The summed E-state index contributed by atoms with van der Waals surface area (Å²) in [4.78, 5) is 26.4. The van der Waals surface area contributed by atoms with E-state index < -0.39 is 23.7 Å². The highest BCUT2D eigenvalue weighted by atomic mass is 19.4. The molecule has 0 aliphatic carbocycles. The molecule has 35 heavy (non-hydrogen) atoms. The molecule has 182 valence electrons. The highest BCUT2D eigenvalue weighted by molar-refractivity contribution is 5.99. The van der Waals surface area contributed by atoms with Crippen LogP contribution in [-0.4, -0.2) is 65.1 Å². The van der Waals surface area contributed by atoms with Crippen LogP contribution in [0.1, 0.15) is 31.4 Å². The van der Waals surface area contributed by atoms with Gasteiger partial charge in [-0.05, 0) is 38.0 Å².